The number of carbonyl (C=O) groups is 1. The van der Waals surface area contributed by atoms with Gasteiger partial charge in [-0.1, -0.05) is 15.9 Å². The first kappa shape index (κ1) is 14.6. The number of nitro benzene ring substituents is 1. The molecule has 0 aliphatic rings. The molecule has 0 unspecified atom stereocenters. The quantitative estimate of drug-likeness (QED) is 0.362. The van der Waals surface area contributed by atoms with Crippen molar-refractivity contribution in [2.24, 2.45) is 0 Å². The van der Waals surface area contributed by atoms with Crippen molar-refractivity contribution >= 4 is 27.6 Å². The Balaban J connectivity index is 3.14. The molecular formula is C11H11BrFNO4. The lowest BCUT2D eigenvalue weighted by Crippen LogP contribution is -2.10. The Bertz CT molecular complexity index is 478. The average Bonchev–Trinajstić information content (AvgIpc) is 2.28. The van der Waals surface area contributed by atoms with Gasteiger partial charge < -0.3 is 4.74 Å². The third kappa shape index (κ3) is 3.49. The molecule has 0 aliphatic carbocycles. The molecule has 0 N–H and O–H groups in total. The summed E-state index contributed by atoms with van der Waals surface area (Å²) in [6.07, 6.45) is -0.187. The summed E-state index contributed by atoms with van der Waals surface area (Å²) in [5, 5.41) is 10.8. The van der Waals surface area contributed by atoms with Crippen molar-refractivity contribution < 1.29 is 18.8 Å². The van der Waals surface area contributed by atoms with E-state index < -0.39 is 16.7 Å². The highest BCUT2D eigenvalue weighted by Gasteiger charge is 2.18. The van der Waals surface area contributed by atoms with Gasteiger partial charge in [0.2, 0.25) is 0 Å². The van der Waals surface area contributed by atoms with E-state index in [1.165, 1.54) is 6.07 Å². The van der Waals surface area contributed by atoms with Crippen molar-refractivity contribution in [3.8, 4) is 0 Å². The van der Waals surface area contributed by atoms with E-state index in [-0.39, 0.29) is 35.2 Å². The summed E-state index contributed by atoms with van der Waals surface area (Å²) >= 11 is 3.09. The van der Waals surface area contributed by atoms with Crippen LogP contribution in [0.1, 0.15) is 18.1 Å². The van der Waals surface area contributed by atoms with Gasteiger partial charge in [-0.2, -0.15) is 0 Å². The fourth-order valence-electron chi connectivity index (χ4n) is 1.46. The number of rotatable bonds is 5. The molecule has 1 rings (SSSR count). The zero-order valence-electron chi connectivity index (χ0n) is 9.61. The van der Waals surface area contributed by atoms with Crippen molar-refractivity contribution in [3.05, 3.63) is 39.2 Å². The maximum absolute atomic E-state index is 13.6. The topological polar surface area (TPSA) is 69.4 Å². The van der Waals surface area contributed by atoms with Gasteiger partial charge in [0.1, 0.15) is 5.82 Å². The third-order valence-corrected chi connectivity index (χ3v) is 2.82. The van der Waals surface area contributed by atoms with Gasteiger partial charge in [-0.05, 0) is 12.5 Å². The molecule has 0 aromatic heterocycles. The largest absolute Gasteiger partial charge is 0.466 e. The van der Waals surface area contributed by atoms with Crippen molar-refractivity contribution in [2.75, 3.05) is 6.61 Å². The first-order valence-corrected chi connectivity index (χ1v) is 6.29. The molecule has 0 amide bonds. The van der Waals surface area contributed by atoms with Gasteiger partial charge in [0.15, 0.2) is 0 Å². The minimum absolute atomic E-state index is 0.172. The molecule has 0 atom stereocenters. The van der Waals surface area contributed by atoms with Gasteiger partial charge in [0.25, 0.3) is 5.69 Å². The number of hydrogen-bond acceptors (Lipinski definition) is 4. The number of hydrogen-bond donors (Lipinski definition) is 0. The lowest BCUT2D eigenvalue weighted by atomic mass is 10.0. The number of halogens is 2. The monoisotopic (exact) mass is 319 g/mol. The van der Waals surface area contributed by atoms with E-state index in [0.717, 1.165) is 6.07 Å². The molecule has 0 radical (unpaired) electrons. The number of ether oxygens (including phenoxy) is 1. The number of nitrogens with zero attached hydrogens (tertiary/aromatic N) is 1. The lowest BCUT2D eigenvalue weighted by Gasteiger charge is -2.08. The summed E-state index contributed by atoms with van der Waals surface area (Å²) < 4.78 is 18.4. The smallest absolute Gasteiger partial charge is 0.310 e. The van der Waals surface area contributed by atoms with Crippen LogP contribution in [0.2, 0.25) is 0 Å². The zero-order valence-corrected chi connectivity index (χ0v) is 11.2. The minimum atomic E-state index is -0.708. The van der Waals surface area contributed by atoms with Crippen LogP contribution in [0.3, 0.4) is 0 Å². The van der Waals surface area contributed by atoms with Crippen LogP contribution in [-0.2, 0) is 21.3 Å². The van der Waals surface area contributed by atoms with Crippen LogP contribution in [0.15, 0.2) is 12.1 Å². The lowest BCUT2D eigenvalue weighted by molar-refractivity contribution is -0.385. The van der Waals surface area contributed by atoms with Gasteiger partial charge >= 0.3 is 5.97 Å². The predicted octanol–water partition coefficient (Wildman–Crippen LogP) is 2.73. The Morgan fingerprint density at radius 2 is 2.22 bits per heavy atom. The molecule has 98 valence electrons. The van der Waals surface area contributed by atoms with Crippen LogP contribution < -0.4 is 0 Å². The highest BCUT2D eigenvalue weighted by molar-refractivity contribution is 9.08. The van der Waals surface area contributed by atoms with Crippen LogP contribution in [0, 0.1) is 15.9 Å². The molecule has 7 heteroatoms. The van der Waals surface area contributed by atoms with Crippen LogP contribution in [0.4, 0.5) is 10.1 Å². The summed E-state index contributed by atoms with van der Waals surface area (Å²) in [5.74, 6) is -1.25. The molecule has 0 fully saturated rings. The fourth-order valence-corrected chi connectivity index (χ4v) is 2.09. The van der Waals surface area contributed by atoms with E-state index in [4.69, 9.17) is 4.74 Å². The molecule has 1 aromatic rings. The second-order valence-corrected chi connectivity index (χ2v) is 4.00. The highest BCUT2D eigenvalue weighted by atomic mass is 79.9. The van der Waals surface area contributed by atoms with Crippen LogP contribution in [-0.4, -0.2) is 17.5 Å². The fraction of sp³-hybridized carbons (Fsp3) is 0.364. The Hall–Kier alpha value is -1.50. The summed E-state index contributed by atoms with van der Waals surface area (Å²) in [5.41, 5.74) is 0.113. The second kappa shape index (κ2) is 6.44. The molecular weight excluding hydrogens is 309 g/mol. The average molecular weight is 320 g/mol. The summed E-state index contributed by atoms with van der Waals surface area (Å²) in [6, 6.07) is 2.03. The maximum Gasteiger partial charge on any atom is 0.310 e. The Morgan fingerprint density at radius 1 is 1.56 bits per heavy atom. The summed E-state index contributed by atoms with van der Waals surface area (Å²) in [4.78, 5) is 21.3. The van der Waals surface area contributed by atoms with Gasteiger partial charge in [-0.3, -0.25) is 14.9 Å². The number of esters is 1. The van der Waals surface area contributed by atoms with E-state index in [2.05, 4.69) is 15.9 Å². The Kier molecular flexibility index (Phi) is 5.21. The van der Waals surface area contributed by atoms with Crippen LogP contribution >= 0.6 is 15.9 Å². The van der Waals surface area contributed by atoms with Gasteiger partial charge in [0.05, 0.1) is 24.0 Å². The number of nitro groups is 1. The van der Waals surface area contributed by atoms with Crippen molar-refractivity contribution in [1.29, 1.82) is 0 Å². The van der Waals surface area contributed by atoms with E-state index in [9.17, 15) is 19.3 Å². The molecule has 18 heavy (non-hydrogen) atoms. The number of non-ortho nitro benzene ring substituents is 1. The molecule has 1 aromatic carbocycles. The number of alkyl halides is 1. The molecule has 0 spiro atoms. The van der Waals surface area contributed by atoms with Crippen molar-refractivity contribution in [1.82, 2.24) is 0 Å². The van der Waals surface area contributed by atoms with E-state index in [1.807, 2.05) is 0 Å². The first-order chi connectivity index (χ1) is 8.49. The summed E-state index contributed by atoms with van der Waals surface area (Å²) in [7, 11) is 0. The summed E-state index contributed by atoms with van der Waals surface area (Å²) in [6.45, 7) is 1.86. The number of benzene rings is 1. The maximum atomic E-state index is 13.6. The molecule has 0 aliphatic heterocycles. The zero-order chi connectivity index (χ0) is 13.7. The SMILES string of the molecule is CCOC(=O)Cc1cc([N+](=O)[O-])cc(F)c1CBr. The minimum Gasteiger partial charge on any atom is -0.466 e. The van der Waals surface area contributed by atoms with Gasteiger partial charge in [-0.25, -0.2) is 4.39 Å². The van der Waals surface area contributed by atoms with E-state index >= 15 is 0 Å². The molecule has 0 saturated carbocycles. The van der Waals surface area contributed by atoms with Crippen LogP contribution in [0.25, 0.3) is 0 Å². The molecule has 0 saturated heterocycles. The normalized spacial score (nSPS) is 10.2. The van der Waals surface area contributed by atoms with E-state index in [1.54, 1.807) is 6.92 Å². The molecule has 0 bridgehead atoms. The predicted molar refractivity (Wildman–Crippen MR) is 66.0 cm³/mol. The molecule has 5 nitrogen and oxygen atoms in total. The molecule has 0 heterocycles. The second-order valence-electron chi connectivity index (χ2n) is 3.44. The van der Waals surface area contributed by atoms with E-state index in [0.29, 0.717) is 0 Å². The van der Waals surface area contributed by atoms with Crippen molar-refractivity contribution in [2.45, 2.75) is 18.7 Å². The number of carbonyl (C=O) groups excluding carboxylic acids is 1. The third-order valence-electron chi connectivity index (χ3n) is 2.26. The highest BCUT2D eigenvalue weighted by Crippen LogP contribution is 2.24. The van der Waals surface area contributed by atoms with Gasteiger partial charge in [0, 0.05) is 17.0 Å². The Morgan fingerprint density at radius 3 is 2.72 bits per heavy atom. The Labute approximate surface area is 111 Å². The van der Waals surface area contributed by atoms with Gasteiger partial charge in [-0.15, -0.1) is 0 Å². The standard InChI is InChI=1S/C11H11BrFNO4/c1-2-18-11(15)4-7-3-8(14(16)17)5-10(13)9(7)6-12/h3,5H,2,4,6H2,1H3. The first-order valence-electron chi connectivity index (χ1n) is 5.16. The van der Waals surface area contributed by atoms with Crippen LogP contribution in [0.5, 0.6) is 0 Å². The van der Waals surface area contributed by atoms with Crippen molar-refractivity contribution in [3.63, 3.8) is 0 Å².